The van der Waals surface area contributed by atoms with Crippen molar-refractivity contribution < 1.29 is 4.79 Å². The van der Waals surface area contributed by atoms with Gasteiger partial charge in [0.25, 0.3) is 0 Å². The predicted octanol–water partition coefficient (Wildman–Crippen LogP) is 2.48. The van der Waals surface area contributed by atoms with E-state index in [1.807, 2.05) is 24.3 Å². The zero-order valence-corrected chi connectivity index (χ0v) is 9.61. The van der Waals surface area contributed by atoms with Crippen LogP contribution >= 0.6 is 11.6 Å². The van der Waals surface area contributed by atoms with Gasteiger partial charge < -0.3 is 0 Å². The standard InChI is InChI=1S/C12H11ClN2O/c1-15-11(8-16)7-10(14-15)6-9-4-2-3-5-12(9)13/h2-5,7-8H,6H2,1H3. The van der Waals surface area contributed by atoms with Crippen molar-refractivity contribution in [3.05, 3.63) is 52.3 Å². The zero-order valence-electron chi connectivity index (χ0n) is 8.85. The highest BCUT2D eigenvalue weighted by atomic mass is 35.5. The summed E-state index contributed by atoms with van der Waals surface area (Å²) in [6.45, 7) is 0. The third kappa shape index (κ3) is 2.14. The molecule has 2 aromatic rings. The lowest BCUT2D eigenvalue weighted by molar-refractivity contribution is 0.111. The van der Waals surface area contributed by atoms with Gasteiger partial charge in [0.1, 0.15) is 5.69 Å². The Morgan fingerprint density at radius 1 is 1.44 bits per heavy atom. The molecule has 0 fully saturated rings. The van der Waals surface area contributed by atoms with Gasteiger partial charge in [0.2, 0.25) is 0 Å². The Kier molecular flexibility index (Phi) is 3.06. The fraction of sp³-hybridized carbons (Fsp3) is 0.167. The number of carbonyl (C=O) groups excluding carboxylic acids is 1. The summed E-state index contributed by atoms with van der Waals surface area (Å²) in [5.74, 6) is 0. The maximum Gasteiger partial charge on any atom is 0.168 e. The van der Waals surface area contributed by atoms with Gasteiger partial charge >= 0.3 is 0 Å². The van der Waals surface area contributed by atoms with E-state index in [4.69, 9.17) is 11.6 Å². The number of carbonyl (C=O) groups is 1. The Balaban J connectivity index is 2.27. The Morgan fingerprint density at radius 2 is 2.19 bits per heavy atom. The lowest BCUT2D eigenvalue weighted by atomic mass is 10.1. The van der Waals surface area contributed by atoms with E-state index in [0.29, 0.717) is 12.1 Å². The quantitative estimate of drug-likeness (QED) is 0.765. The molecular weight excluding hydrogens is 224 g/mol. The number of aldehydes is 1. The molecule has 0 bridgehead atoms. The normalized spacial score (nSPS) is 10.4. The molecule has 0 saturated carbocycles. The highest BCUT2D eigenvalue weighted by Gasteiger charge is 2.06. The molecule has 0 radical (unpaired) electrons. The minimum atomic E-state index is 0.571. The van der Waals surface area contributed by atoms with Crippen molar-refractivity contribution in [2.45, 2.75) is 6.42 Å². The fourth-order valence-corrected chi connectivity index (χ4v) is 1.78. The van der Waals surface area contributed by atoms with E-state index in [2.05, 4.69) is 5.10 Å². The molecule has 1 aromatic carbocycles. The average molecular weight is 235 g/mol. The molecule has 3 nitrogen and oxygen atoms in total. The van der Waals surface area contributed by atoms with Crippen LogP contribution in [0.5, 0.6) is 0 Å². The van der Waals surface area contributed by atoms with Crippen LogP contribution in [0.3, 0.4) is 0 Å². The topological polar surface area (TPSA) is 34.9 Å². The molecule has 0 N–H and O–H groups in total. The van der Waals surface area contributed by atoms with E-state index >= 15 is 0 Å². The van der Waals surface area contributed by atoms with Crippen molar-refractivity contribution >= 4 is 17.9 Å². The van der Waals surface area contributed by atoms with Gasteiger partial charge in [-0.15, -0.1) is 0 Å². The molecule has 16 heavy (non-hydrogen) atoms. The fourth-order valence-electron chi connectivity index (χ4n) is 1.58. The number of rotatable bonds is 3. The second-order valence-electron chi connectivity index (χ2n) is 3.57. The van der Waals surface area contributed by atoms with Gasteiger partial charge in [0.05, 0.1) is 5.69 Å². The summed E-state index contributed by atoms with van der Waals surface area (Å²) in [6.07, 6.45) is 1.43. The minimum absolute atomic E-state index is 0.571. The molecule has 0 saturated heterocycles. The van der Waals surface area contributed by atoms with Crippen LogP contribution in [0.15, 0.2) is 30.3 Å². The number of aryl methyl sites for hydroxylation is 1. The highest BCUT2D eigenvalue weighted by Crippen LogP contribution is 2.18. The molecule has 4 heteroatoms. The van der Waals surface area contributed by atoms with Gasteiger partial charge in [-0.1, -0.05) is 29.8 Å². The second kappa shape index (κ2) is 4.49. The minimum Gasteiger partial charge on any atom is -0.296 e. The molecular formula is C12H11ClN2O. The van der Waals surface area contributed by atoms with Gasteiger partial charge in [-0.3, -0.25) is 9.48 Å². The van der Waals surface area contributed by atoms with Crippen LogP contribution in [0.1, 0.15) is 21.7 Å². The van der Waals surface area contributed by atoms with E-state index in [1.54, 1.807) is 17.8 Å². The maximum absolute atomic E-state index is 10.7. The van der Waals surface area contributed by atoms with Crippen LogP contribution in [0.25, 0.3) is 0 Å². The summed E-state index contributed by atoms with van der Waals surface area (Å²) in [4.78, 5) is 10.7. The van der Waals surface area contributed by atoms with Gasteiger partial charge in [-0.05, 0) is 17.7 Å². The van der Waals surface area contributed by atoms with E-state index in [-0.39, 0.29) is 0 Å². The molecule has 0 aliphatic rings. The monoisotopic (exact) mass is 234 g/mol. The molecule has 0 aliphatic heterocycles. The van der Waals surface area contributed by atoms with Crippen LogP contribution < -0.4 is 0 Å². The zero-order chi connectivity index (χ0) is 11.5. The number of hydrogen-bond acceptors (Lipinski definition) is 2. The van der Waals surface area contributed by atoms with Gasteiger partial charge in [0, 0.05) is 18.5 Å². The smallest absolute Gasteiger partial charge is 0.168 e. The first-order valence-corrected chi connectivity index (χ1v) is 5.30. The third-order valence-electron chi connectivity index (χ3n) is 2.42. The van der Waals surface area contributed by atoms with Crippen LogP contribution in [0.4, 0.5) is 0 Å². The first kappa shape index (κ1) is 10.9. The number of benzene rings is 1. The largest absolute Gasteiger partial charge is 0.296 e. The van der Waals surface area contributed by atoms with Crippen molar-refractivity contribution in [1.82, 2.24) is 9.78 Å². The van der Waals surface area contributed by atoms with Crippen LogP contribution in [0, 0.1) is 0 Å². The summed E-state index contributed by atoms with van der Waals surface area (Å²) in [5, 5.41) is 4.97. The highest BCUT2D eigenvalue weighted by molar-refractivity contribution is 6.31. The molecule has 1 heterocycles. The van der Waals surface area contributed by atoms with E-state index in [9.17, 15) is 4.79 Å². The van der Waals surface area contributed by atoms with Crippen LogP contribution in [-0.2, 0) is 13.5 Å². The Hall–Kier alpha value is -1.61. The maximum atomic E-state index is 10.7. The number of aromatic nitrogens is 2. The van der Waals surface area contributed by atoms with Crippen LogP contribution in [0.2, 0.25) is 5.02 Å². The first-order valence-electron chi connectivity index (χ1n) is 4.92. The average Bonchev–Trinajstić information content (AvgIpc) is 2.62. The number of hydrogen-bond donors (Lipinski definition) is 0. The van der Waals surface area contributed by atoms with Crippen molar-refractivity contribution in [3.8, 4) is 0 Å². The Morgan fingerprint density at radius 3 is 2.81 bits per heavy atom. The summed E-state index contributed by atoms with van der Waals surface area (Å²) < 4.78 is 1.57. The SMILES string of the molecule is Cn1nc(Cc2ccccc2Cl)cc1C=O. The molecule has 2 rings (SSSR count). The summed E-state index contributed by atoms with van der Waals surface area (Å²) >= 11 is 6.05. The van der Waals surface area contributed by atoms with Crippen molar-refractivity contribution in [3.63, 3.8) is 0 Å². The molecule has 0 spiro atoms. The first-order chi connectivity index (χ1) is 7.70. The molecule has 0 atom stereocenters. The molecule has 1 aromatic heterocycles. The summed E-state index contributed by atoms with van der Waals surface area (Å²) in [7, 11) is 1.75. The van der Waals surface area contributed by atoms with Gasteiger partial charge in [0.15, 0.2) is 6.29 Å². The molecule has 0 amide bonds. The van der Waals surface area contributed by atoms with Crippen LogP contribution in [-0.4, -0.2) is 16.1 Å². The van der Waals surface area contributed by atoms with Gasteiger partial charge in [-0.2, -0.15) is 5.10 Å². The van der Waals surface area contributed by atoms with E-state index < -0.39 is 0 Å². The lowest BCUT2D eigenvalue weighted by Gasteiger charge is -2.00. The third-order valence-corrected chi connectivity index (χ3v) is 2.79. The second-order valence-corrected chi connectivity index (χ2v) is 3.98. The number of nitrogens with zero attached hydrogens (tertiary/aromatic N) is 2. The predicted molar refractivity (Wildman–Crippen MR) is 62.9 cm³/mol. The summed E-state index contributed by atoms with van der Waals surface area (Å²) in [6, 6.07) is 9.40. The molecule has 0 unspecified atom stereocenters. The van der Waals surface area contributed by atoms with Crippen molar-refractivity contribution in [1.29, 1.82) is 0 Å². The Labute approximate surface area is 98.7 Å². The Bertz CT molecular complexity index is 519. The van der Waals surface area contributed by atoms with E-state index in [0.717, 1.165) is 22.6 Å². The molecule has 82 valence electrons. The van der Waals surface area contributed by atoms with Gasteiger partial charge in [-0.25, -0.2) is 0 Å². The molecule has 0 aliphatic carbocycles. The lowest BCUT2D eigenvalue weighted by Crippen LogP contribution is -1.96. The van der Waals surface area contributed by atoms with E-state index in [1.165, 1.54) is 0 Å². The van der Waals surface area contributed by atoms with Crippen molar-refractivity contribution in [2.75, 3.05) is 0 Å². The number of halogens is 1. The van der Waals surface area contributed by atoms with Crippen molar-refractivity contribution in [2.24, 2.45) is 7.05 Å². The summed E-state index contributed by atoms with van der Waals surface area (Å²) in [5.41, 5.74) is 2.43.